The maximum Gasteiger partial charge on any atom is 0.323 e. The van der Waals surface area contributed by atoms with Gasteiger partial charge in [0.15, 0.2) is 0 Å². The van der Waals surface area contributed by atoms with Crippen LogP contribution in [-0.4, -0.2) is 64.9 Å². The van der Waals surface area contributed by atoms with Gasteiger partial charge in [0.1, 0.15) is 30.3 Å². The molecule has 0 atom stereocenters. The van der Waals surface area contributed by atoms with Crippen molar-refractivity contribution in [3.8, 4) is 5.75 Å². The van der Waals surface area contributed by atoms with Crippen LogP contribution in [0.3, 0.4) is 0 Å². The molecule has 6 rings (SSSR count). The Bertz CT molecular complexity index is 1880. The number of carbonyl (C=O) groups excluding carboxylic acids is 2. The summed E-state index contributed by atoms with van der Waals surface area (Å²) in [7, 11) is 2.04. The van der Waals surface area contributed by atoms with E-state index in [0.717, 1.165) is 13.1 Å². The molecule has 0 aliphatic carbocycles. The van der Waals surface area contributed by atoms with Crippen molar-refractivity contribution in [3.05, 3.63) is 113 Å². The van der Waals surface area contributed by atoms with Crippen LogP contribution in [0.4, 0.5) is 32.1 Å². The minimum Gasteiger partial charge on any atom is -0.487 e. The summed E-state index contributed by atoms with van der Waals surface area (Å²) >= 11 is 6.48. The predicted octanol–water partition coefficient (Wildman–Crippen LogP) is 6.78. The number of nitrogens with zero attached hydrogens (tertiary/aromatic N) is 4. The predicted molar refractivity (Wildman–Crippen MR) is 177 cm³/mol. The Kier molecular flexibility index (Phi) is 9.23. The number of benzene rings is 4. The van der Waals surface area contributed by atoms with E-state index in [9.17, 15) is 14.0 Å². The highest BCUT2D eigenvalue weighted by atomic mass is 35.5. The zero-order valence-corrected chi connectivity index (χ0v) is 25.7. The van der Waals surface area contributed by atoms with Gasteiger partial charge in [-0.15, -0.1) is 0 Å². The van der Waals surface area contributed by atoms with Crippen LogP contribution in [0.1, 0.15) is 15.9 Å². The molecule has 4 aromatic carbocycles. The van der Waals surface area contributed by atoms with Crippen molar-refractivity contribution in [2.75, 3.05) is 49.2 Å². The fourth-order valence-electron chi connectivity index (χ4n) is 5.04. The van der Waals surface area contributed by atoms with Crippen LogP contribution in [0.25, 0.3) is 10.9 Å². The average Bonchev–Trinajstić information content (AvgIpc) is 3.05. The summed E-state index contributed by atoms with van der Waals surface area (Å²) in [6.07, 6.45) is 1.45. The Morgan fingerprint density at radius 2 is 1.61 bits per heavy atom. The quantitative estimate of drug-likeness (QED) is 0.172. The largest absolute Gasteiger partial charge is 0.487 e. The highest BCUT2D eigenvalue weighted by Crippen LogP contribution is 2.31. The number of rotatable bonds is 8. The van der Waals surface area contributed by atoms with Crippen LogP contribution in [-0.2, 0) is 6.61 Å². The summed E-state index contributed by atoms with van der Waals surface area (Å²) in [4.78, 5) is 38.4. The van der Waals surface area contributed by atoms with E-state index in [1.807, 2.05) is 11.9 Å². The maximum atomic E-state index is 13.5. The molecule has 0 unspecified atom stereocenters. The molecule has 46 heavy (non-hydrogen) atoms. The zero-order valence-electron chi connectivity index (χ0n) is 25.0. The van der Waals surface area contributed by atoms with Gasteiger partial charge in [-0.1, -0.05) is 23.7 Å². The standard InChI is InChI=1S/C34H31ClFN7O3/c1-42-13-15-43(16-14-42)33(44)23-5-7-25(8-6-23)40-34(45)41-26-9-11-30-28(18-26)32(38-21-37-30)39-27-10-12-31(29(35)19-27)46-20-22-3-2-4-24(36)17-22/h2-12,17-19,21H,13-16,20H2,1H3,(H,37,38,39)(H2,40,41,45). The lowest BCUT2D eigenvalue weighted by Crippen LogP contribution is -2.47. The summed E-state index contributed by atoms with van der Waals surface area (Å²) in [6, 6.07) is 23.1. The van der Waals surface area contributed by atoms with Gasteiger partial charge >= 0.3 is 6.03 Å². The Morgan fingerprint density at radius 1 is 0.870 bits per heavy atom. The first-order valence-corrected chi connectivity index (χ1v) is 15.0. The lowest BCUT2D eigenvalue weighted by molar-refractivity contribution is 0.0664. The normalized spacial score (nSPS) is 13.3. The fourth-order valence-corrected chi connectivity index (χ4v) is 5.27. The van der Waals surface area contributed by atoms with Gasteiger partial charge in [0, 0.05) is 54.2 Å². The van der Waals surface area contributed by atoms with Crippen molar-refractivity contribution in [2.24, 2.45) is 0 Å². The lowest BCUT2D eigenvalue weighted by atomic mass is 10.1. The molecule has 1 aliphatic heterocycles. The van der Waals surface area contributed by atoms with E-state index in [-0.39, 0.29) is 18.3 Å². The van der Waals surface area contributed by atoms with Crippen molar-refractivity contribution in [3.63, 3.8) is 0 Å². The molecule has 3 N–H and O–H groups in total. The second-order valence-electron chi connectivity index (χ2n) is 10.9. The molecule has 1 aromatic heterocycles. The number of carbonyl (C=O) groups is 2. The number of nitrogens with one attached hydrogen (secondary N) is 3. The minimum absolute atomic E-state index is 0.0145. The van der Waals surface area contributed by atoms with Gasteiger partial charge in [-0.2, -0.15) is 0 Å². The van der Waals surface area contributed by atoms with Crippen molar-refractivity contribution in [1.82, 2.24) is 19.8 Å². The minimum atomic E-state index is -0.440. The Morgan fingerprint density at radius 3 is 2.37 bits per heavy atom. The van der Waals surface area contributed by atoms with Crippen LogP contribution in [0.2, 0.25) is 5.02 Å². The summed E-state index contributed by atoms with van der Waals surface area (Å²) in [6.45, 7) is 3.26. The molecule has 0 spiro atoms. The number of amides is 3. The third-order valence-corrected chi connectivity index (χ3v) is 7.85. The molecule has 1 saturated heterocycles. The van der Waals surface area contributed by atoms with E-state index in [1.54, 1.807) is 72.8 Å². The summed E-state index contributed by atoms with van der Waals surface area (Å²) in [5, 5.41) is 9.95. The smallest absolute Gasteiger partial charge is 0.323 e. The number of fused-ring (bicyclic) bond motifs is 1. The number of halogens is 2. The number of anilines is 4. The first kappa shape index (κ1) is 30.8. The highest BCUT2D eigenvalue weighted by molar-refractivity contribution is 6.32. The molecule has 1 aliphatic rings. The van der Waals surface area contributed by atoms with Gasteiger partial charge in [0.25, 0.3) is 5.91 Å². The van der Waals surface area contributed by atoms with E-state index in [4.69, 9.17) is 16.3 Å². The van der Waals surface area contributed by atoms with Crippen molar-refractivity contribution < 1.29 is 18.7 Å². The van der Waals surface area contributed by atoms with E-state index in [2.05, 4.69) is 30.8 Å². The van der Waals surface area contributed by atoms with E-state index >= 15 is 0 Å². The number of urea groups is 1. The molecule has 12 heteroatoms. The molecule has 0 bridgehead atoms. The van der Waals surface area contributed by atoms with Gasteiger partial charge in [-0.05, 0) is 85.4 Å². The number of ether oxygens (including phenoxy) is 1. The van der Waals surface area contributed by atoms with Gasteiger partial charge < -0.3 is 30.5 Å². The second-order valence-corrected chi connectivity index (χ2v) is 11.3. The Hall–Kier alpha value is -5.26. The topological polar surface area (TPSA) is 112 Å². The molecule has 10 nitrogen and oxygen atoms in total. The molecule has 0 radical (unpaired) electrons. The number of likely N-dealkylation sites (N-methyl/N-ethyl adjacent to an activating group) is 1. The number of piperazine rings is 1. The first-order chi connectivity index (χ1) is 22.3. The highest BCUT2D eigenvalue weighted by Gasteiger charge is 2.20. The molecule has 0 saturated carbocycles. The van der Waals surface area contributed by atoms with Crippen molar-refractivity contribution in [1.29, 1.82) is 0 Å². The Balaban J connectivity index is 1.09. The van der Waals surface area contributed by atoms with Crippen LogP contribution in [0.15, 0.2) is 91.3 Å². The monoisotopic (exact) mass is 639 g/mol. The van der Waals surface area contributed by atoms with Crippen LogP contribution in [0, 0.1) is 5.82 Å². The van der Waals surface area contributed by atoms with Gasteiger partial charge in [0.2, 0.25) is 0 Å². The molecule has 2 heterocycles. The van der Waals surface area contributed by atoms with E-state index in [0.29, 0.717) is 68.8 Å². The van der Waals surface area contributed by atoms with Gasteiger partial charge in [0.05, 0.1) is 10.5 Å². The molecular weight excluding hydrogens is 609 g/mol. The third kappa shape index (κ3) is 7.51. The SMILES string of the molecule is CN1CCN(C(=O)c2ccc(NC(=O)Nc3ccc4ncnc(Nc5ccc(OCc6cccc(F)c6)c(Cl)c5)c4c3)cc2)CC1. The number of hydrogen-bond donors (Lipinski definition) is 3. The number of hydrogen-bond acceptors (Lipinski definition) is 7. The molecule has 3 amide bonds. The average molecular weight is 640 g/mol. The van der Waals surface area contributed by atoms with Crippen LogP contribution >= 0.6 is 11.6 Å². The van der Waals surface area contributed by atoms with E-state index < -0.39 is 6.03 Å². The summed E-state index contributed by atoms with van der Waals surface area (Å²) in [5.41, 5.74) is 3.69. The molecule has 234 valence electrons. The van der Waals surface area contributed by atoms with Crippen LogP contribution < -0.4 is 20.7 Å². The third-order valence-electron chi connectivity index (χ3n) is 7.55. The van der Waals surface area contributed by atoms with E-state index in [1.165, 1.54) is 18.5 Å². The van der Waals surface area contributed by atoms with Crippen molar-refractivity contribution >= 4 is 57.3 Å². The van der Waals surface area contributed by atoms with Crippen molar-refractivity contribution in [2.45, 2.75) is 6.61 Å². The molecule has 5 aromatic rings. The summed E-state index contributed by atoms with van der Waals surface area (Å²) < 4.78 is 19.3. The fraction of sp³-hybridized carbons (Fsp3) is 0.176. The molecule has 1 fully saturated rings. The summed E-state index contributed by atoms with van der Waals surface area (Å²) in [5.74, 6) is 0.625. The van der Waals surface area contributed by atoms with Gasteiger partial charge in [-0.25, -0.2) is 19.2 Å². The lowest BCUT2D eigenvalue weighted by Gasteiger charge is -2.32. The van der Waals surface area contributed by atoms with Crippen LogP contribution in [0.5, 0.6) is 5.75 Å². The Labute approximate surface area is 270 Å². The maximum absolute atomic E-state index is 13.5. The second kappa shape index (κ2) is 13.8. The molecular formula is C34H31ClFN7O3. The first-order valence-electron chi connectivity index (χ1n) is 14.7. The van der Waals surface area contributed by atoms with Gasteiger partial charge in [-0.3, -0.25) is 4.79 Å². The zero-order chi connectivity index (χ0) is 32.0. The number of aromatic nitrogens is 2.